The van der Waals surface area contributed by atoms with Crippen LogP contribution in [-0.4, -0.2) is 27.6 Å². The van der Waals surface area contributed by atoms with Crippen molar-refractivity contribution in [2.24, 2.45) is 0 Å². The van der Waals surface area contributed by atoms with E-state index in [1.165, 1.54) is 18.2 Å². The summed E-state index contributed by atoms with van der Waals surface area (Å²) in [5.41, 5.74) is -0.277. The lowest BCUT2D eigenvalue weighted by atomic mass is 9.80. The summed E-state index contributed by atoms with van der Waals surface area (Å²) >= 11 is 0. The number of allylic oxidation sites excluding steroid dienone is 1. The van der Waals surface area contributed by atoms with Gasteiger partial charge in [-0.05, 0) is 19.1 Å². The van der Waals surface area contributed by atoms with Crippen LogP contribution in [0.15, 0.2) is 36.1 Å². The van der Waals surface area contributed by atoms with Crippen molar-refractivity contribution in [3.05, 3.63) is 47.2 Å². The molecule has 1 aromatic rings. The largest absolute Gasteiger partial charge is 0.507 e. The topological polar surface area (TPSA) is 83.8 Å². The zero-order chi connectivity index (χ0) is 13.8. The van der Waals surface area contributed by atoms with Gasteiger partial charge >= 0.3 is 5.97 Å². The van der Waals surface area contributed by atoms with Crippen LogP contribution in [0.1, 0.15) is 22.8 Å². The summed E-state index contributed by atoms with van der Waals surface area (Å²) in [5.74, 6) is -1.90. The maximum absolute atomic E-state index is 11.9. The molecule has 1 aliphatic heterocycles. The summed E-state index contributed by atoms with van der Waals surface area (Å²) in [6.45, 7) is 1.58. The molecule has 0 bridgehead atoms. The molecule has 3 rings (SSSR count). The number of aliphatic hydroxyl groups is 1. The van der Waals surface area contributed by atoms with Crippen molar-refractivity contribution in [3.63, 3.8) is 0 Å². The van der Waals surface area contributed by atoms with E-state index in [0.29, 0.717) is 11.1 Å². The third kappa shape index (κ3) is 1.48. The third-order valence-electron chi connectivity index (χ3n) is 3.32. The van der Waals surface area contributed by atoms with E-state index in [2.05, 4.69) is 0 Å². The number of fused-ring (bicyclic) bond motifs is 3. The second-order valence-electron chi connectivity index (χ2n) is 4.65. The van der Waals surface area contributed by atoms with Crippen molar-refractivity contribution >= 4 is 17.3 Å². The zero-order valence-corrected chi connectivity index (χ0v) is 10.0. The molecule has 1 atom stereocenters. The number of aromatic hydroxyl groups is 1. The molecule has 19 heavy (non-hydrogen) atoms. The predicted octanol–water partition coefficient (Wildman–Crippen LogP) is 1.73. The lowest BCUT2D eigenvalue weighted by Gasteiger charge is -2.36. The van der Waals surface area contributed by atoms with Crippen LogP contribution in [-0.2, 0) is 9.53 Å². The molecule has 0 radical (unpaired) electrons. The Morgan fingerprint density at radius 1 is 1.21 bits per heavy atom. The lowest BCUT2D eigenvalue weighted by molar-refractivity contribution is -0.114. The molecule has 1 aliphatic carbocycles. The van der Waals surface area contributed by atoms with E-state index < -0.39 is 23.1 Å². The molecule has 0 saturated heterocycles. The summed E-state index contributed by atoms with van der Waals surface area (Å²) < 4.78 is 5.25. The van der Waals surface area contributed by atoms with Gasteiger partial charge in [0, 0.05) is 17.2 Å². The van der Waals surface area contributed by atoms with Gasteiger partial charge in [0.25, 0.3) is 0 Å². The van der Waals surface area contributed by atoms with Gasteiger partial charge in [0.1, 0.15) is 11.3 Å². The highest BCUT2D eigenvalue weighted by atomic mass is 16.6. The van der Waals surface area contributed by atoms with Crippen molar-refractivity contribution in [2.45, 2.75) is 12.5 Å². The van der Waals surface area contributed by atoms with E-state index in [9.17, 15) is 19.8 Å². The molecule has 1 aromatic carbocycles. The maximum atomic E-state index is 11.9. The minimum Gasteiger partial charge on any atom is -0.507 e. The Bertz CT molecular complexity index is 683. The number of phenolic OH excluding ortho intramolecular Hbond substituents is 1. The molecular weight excluding hydrogens is 248 g/mol. The monoisotopic (exact) mass is 258 g/mol. The summed E-state index contributed by atoms with van der Waals surface area (Å²) in [6.07, 6.45) is 2.43. The summed E-state index contributed by atoms with van der Waals surface area (Å²) in [7, 11) is 0. The fourth-order valence-corrected chi connectivity index (χ4v) is 2.41. The molecule has 5 nitrogen and oxygen atoms in total. The lowest BCUT2D eigenvalue weighted by Crippen LogP contribution is -2.39. The number of phenols is 1. The van der Waals surface area contributed by atoms with Gasteiger partial charge in [-0.25, -0.2) is 4.79 Å². The molecule has 0 aromatic heterocycles. The maximum Gasteiger partial charge on any atom is 0.343 e. The molecule has 2 N–H and O–H groups in total. The average molecular weight is 258 g/mol. The normalized spacial score (nSPS) is 24.9. The molecule has 0 fully saturated rings. The Morgan fingerprint density at radius 2 is 1.95 bits per heavy atom. The van der Waals surface area contributed by atoms with Crippen LogP contribution in [0.2, 0.25) is 0 Å². The van der Waals surface area contributed by atoms with Crippen molar-refractivity contribution in [1.29, 1.82) is 0 Å². The number of ether oxygens (including phenoxy) is 1. The molecule has 0 spiro atoms. The molecular formula is C14H10O5. The second-order valence-corrected chi connectivity index (χ2v) is 4.65. The van der Waals surface area contributed by atoms with Crippen LogP contribution < -0.4 is 0 Å². The molecule has 0 saturated carbocycles. The Hall–Kier alpha value is -2.56. The van der Waals surface area contributed by atoms with Crippen molar-refractivity contribution in [2.75, 3.05) is 0 Å². The van der Waals surface area contributed by atoms with Gasteiger partial charge < -0.3 is 14.9 Å². The smallest absolute Gasteiger partial charge is 0.343 e. The van der Waals surface area contributed by atoms with Crippen molar-refractivity contribution < 1.29 is 24.5 Å². The molecule has 96 valence electrons. The van der Waals surface area contributed by atoms with Crippen LogP contribution in [0.25, 0.3) is 5.57 Å². The fourth-order valence-electron chi connectivity index (χ4n) is 2.41. The first-order valence-electron chi connectivity index (χ1n) is 5.66. The van der Waals surface area contributed by atoms with Gasteiger partial charge in [-0.3, -0.25) is 4.79 Å². The molecule has 0 amide bonds. The van der Waals surface area contributed by atoms with E-state index in [0.717, 1.165) is 0 Å². The standard InChI is InChI=1S/C14H10O5/c1-14-6-11(17)10(16)5-8(14)7-3-2-4-9(15)12(7)13(18)19-14/h2-6,15,17H,1H3. The van der Waals surface area contributed by atoms with E-state index >= 15 is 0 Å². The summed E-state index contributed by atoms with van der Waals surface area (Å²) in [4.78, 5) is 23.5. The van der Waals surface area contributed by atoms with E-state index in [1.54, 1.807) is 19.1 Å². The van der Waals surface area contributed by atoms with Gasteiger partial charge in [-0.15, -0.1) is 0 Å². The quantitative estimate of drug-likeness (QED) is 0.692. The highest BCUT2D eigenvalue weighted by Gasteiger charge is 2.43. The van der Waals surface area contributed by atoms with E-state index in [1.807, 2.05) is 0 Å². The molecule has 1 heterocycles. The van der Waals surface area contributed by atoms with Crippen molar-refractivity contribution in [1.82, 2.24) is 0 Å². The second kappa shape index (κ2) is 3.47. The summed E-state index contributed by atoms with van der Waals surface area (Å²) in [5, 5.41) is 19.2. The first-order chi connectivity index (χ1) is 8.92. The Balaban J connectivity index is 2.31. The van der Waals surface area contributed by atoms with Crippen LogP contribution in [0.4, 0.5) is 0 Å². The van der Waals surface area contributed by atoms with Crippen LogP contribution in [0, 0.1) is 0 Å². The third-order valence-corrected chi connectivity index (χ3v) is 3.32. The number of rotatable bonds is 0. The number of carbonyl (C=O) groups excluding carboxylic acids is 2. The first kappa shape index (κ1) is 11.5. The van der Waals surface area contributed by atoms with Crippen molar-refractivity contribution in [3.8, 4) is 5.75 Å². The zero-order valence-electron chi connectivity index (χ0n) is 10.0. The number of hydrogen-bond acceptors (Lipinski definition) is 5. The van der Waals surface area contributed by atoms with Gasteiger partial charge in [-0.2, -0.15) is 0 Å². The first-order valence-corrected chi connectivity index (χ1v) is 5.66. The fraction of sp³-hybridized carbons (Fsp3) is 0.143. The van der Waals surface area contributed by atoms with Crippen LogP contribution in [0.5, 0.6) is 5.75 Å². The molecule has 1 unspecified atom stereocenters. The molecule has 5 heteroatoms. The average Bonchev–Trinajstić information content (AvgIpc) is 2.32. The molecule has 2 aliphatic rings. The summed E-state index contributed by atoms with van der Waals surface area (Å²) in [6, 6.07) is 4.58. The van der Waals surface area contributed by atoms with Gasteiger partial charge in [0.2, 0.25) is 5.78 Å². The van der Waals surface area contributed by atoms with Gasteiger partial charge in [0.15, 0.2) is 11.4 Å². The highest BCUT2D eigenvalue weighted by molar-refractivity contribution is 6.14. The van der Waals surface area contributed by atoms with Gasteiger partial charge in [-0.1, -0.05) is 12.1 Å². The Kier molecular flexibility index (Phi) is 2.11. The predicted molar refractivity (Wildman–Crippen MR) is 65.6 cm³/mol. The minimum absolute atomic E-state index is 0.0359. The number of esters is 1. The SMILES string of the molecule is CC12C=C(O)C(=O)C=C1c1cccc(O)c1C(=O)O2. The highest BCUT2D eigenvalue weighted by Crippen LogP contribution is 2.43. The Morgan fingerprint density at radius 3 is 2.68 bits per heavy atom. The van der Waals surface area contributed by atoms with E-state index in [4.69, 9.17) is 4.74 Å². The minimum atomic E-state index is -1.20. The Labute approximate surface area is 108 Å². The van der Waals surface area contributed by atoms with E-state index in [-0.39, 0.29) is 11.3 Å². The van der Waals surface area contributed by atoms with Crippen LogP contribution in [0.3, 0.4) is 0 Å². The number of carbonyl (C=O) groups is 2. The number of ketones is 1. The number of aliphatic hydroxyl groups excluding tert-OH is 1. The number of hydrogen-bond donors (Lipinski definition) is 2. The number of benzene rings is 1. The van der Waals surface area contributed by atoms with Crippen LogP contribution >= 0.6 is 0 Å². The van der Waals surface area contributed by atoms with Gasteiger partial charge in [0.05, 0.1) is 0 Å².